The first-order valence-corrected chi connectivity index (χ1v) is 11.2. The number of benzene rings is 1. The van der Waals surface area contributed by atoms with Crippen molar-refractivity contribution in [3.8, 4) is 0 Å². The predicted octanol–water partition coefficient (Wildman–Crippen LogP) is 4.80. The highest BCUT2D eigenvalue weighted by Crippen LogP contribution is 2.27. The van der Waals surface area contributed by atoms with Gasteiger partial charge in [0.1, 0.15) is 12.4 Å². The zero-order valence-corrected chi connectivity index (χ0v) is 18.5. The van der Waals surface area contributed by atoms with Gasteiger partial charge in [0, 0.05) is 13.1 Å². The number of rotatable bonds is 4. The van der Waals surface area contributed by atoms with E-state index in [1.54, 1.807) is 0 Å². The fourth-order valence-electron chi connectivity index (χ4n) is 4.78. The molecule has 2 aliphatic heterocycles. The van der Waals surface area contributed by atoms with Crippen molar-refractivity contribution in [3.63, 3.8) is 0 Å². The van der Waals surface area contributed by atoms with E-state index in [9.17, 15) is 4.79 Å². The maximum atomic E-state index is 13.1. The molecule has 4 rings (SSSR count). The highest BCUT2D eigenvalue weighted by Gasteiger charge is 2.25. The van der Waals surface area contributed by atoms with E-state index in [4.69, 9.17) is 4.98 Å². The van der Waals surface area contributed by atoms with Crippen molar-refractivity contribution in [2.75, 3.05) is 26.2 Å². The second kappa shape index (κ2) is 10.4. The molecule has 0 aliphatic carbocycles. The Labute approximate surface area is 180 Å². The van der Waals surface area contributed by atoms with Crippen LogP contribution in [0.25, 0.3) is 11.0 Å². The van der Waals surface area contributed by atoms with Crippen LogP contribution < -0.4 is 0 Å². The molecule has 160 valence electrons. The number of aromatic nitrogens is 2. The van der Waals surface area contributed by atoms with Crippen molar-refractivity contribution in [2.24, 2.45) is 0 Å². The first-order chi connectivity index (χ1) is 13.7. The monoisotopic (exact) mass is 418 g/mol. The molecule has 0 radical (unpaired) electrons. The van der Waals surface area contributed by atoms with Gasteiger partial charge in [-0.3, -0.25) is 9.69 Å². The predicted molar refractivity (Wildman–Crippen MR) is 120 cm³/mol. The number of carbonyl (C=O) groups is 1. The van der Waals surface area contributed by atoms with Crippen LogP contribution in [0.3, 0.4) is 0 Å². The maximum absolute atomic E-state index is 13.1. The van der Waals surface area contributed by atoms with Gasteiger partial charge in [0.15, 0.2) is 0 Å². The number of hydrogen-bond acceptors (Lipinski definition) is 3. The van der Waals surface area contributed by atoms with Crippen molar-refractivity contribution in [1.82, 2.24) is 19.4 Å². The molecule has 2 saturated heterocycles. The fraction of sp³-hybridized carbons (Fsp3) is 0.652. The van der Waals surface area contributed by atoms with Gasteiger partial charge in [-0.25, -0.2) is 4.98 Å². The van der Waals surface area contributed by atoms with Gasteiger partial charge in [-0.15, -0.1) is 12.4 Å². The Morgan fingerprint density at radius 2 is 1.52 bits per heavy atom. The minimum absolute atomic E-state index is 0. The molecule has 0 saturated carbocycles. The molecular weight excluding hydrogens is 384 g/mol. The first kappa shape index (κ1) is 22.1. The van der Waals surface area contributed by atoms with Crippen LogP contribution >= 0.6 is 12.4 Å². The lowest BCUT2D eigenvalue weighted by molar-refractivity contribution is -0.131. The molecule has 1 aromatic heterocycles. The third-order valence-corrected chi connectivity index (χ3v) is 6.50. The number of amides is 1. The smallest absolute Gasteiger partial charge is 0.242 e. The normalized spacial score (nSPS) is 20.0. The molecule has 0 bridgehead atoms. The summed E-state index contributed by atoms with van der Waals surface area (Å²) in [6.07, 6.45) is 9.93. The minimum Gasteiger partial charge on any atom is -0.341 e. The van der Waals surface area contributed by atoms with Crippen LogP contribution in [0.4, 0.5) is 0 Å². The summed E-state index contributed by atoms with van der Waals surface area (Å²) >= 11 is 0. The van der Waals surface area contributed by atoms with Gasteiger partial charge in [-0.2, -0.15) is 0 Å². The molecule has 1 aromatic carbocycles. The summed E-state index contributed by atoms with van der Waals surface area (Å²) in [6.45, 7) is 6.74. The lowest BCUT2D eigenvalue weighted by Gasteiger charge is -2.28. The van der Waals surface area contributed by atoms with Gasteiger partial charge < -0.3 is 9.47 Å². The SMILES string of the molecule is CC(c1nc2ccccc2n1CC(=O)N1CCCCCC1)N1CCCCCC1.Cl. The second-order valence-corrected chi connectivity index (χ2v) is 8.47. The molecule has 2 aliphatic rings. The van der Waals surface area contributed by atoms with Crippen LogP contribution in [0, 0.1) is 0 Å². The molecule has 3 heterocycles. The molecule has 2 aromatic rings. The Kier molecular flexibility index (Phi) is 7.96. The number of halogens is 1. The van der Waals surface area contributed by atoms with Crippen LogP contribution in [0.15, 0.2) is 24.3 Å². The Balaban J connectivity index is 0.00000240. The minimum atomic E-state index is 0. The number of nitrogens with zero attached hydrogens (tertiary/aromatic N) is 4. The van der Waals surface area contributed by atoms with Crippen LogP contribution in [0.2, 0.25) is 0 Å². The first-order valence-electron chi connectivity index (χ1n) is 11.2. The van der Waals surface area contributed by atoms with E-state index in [0.717, 1.165) is 55.9 Å². The van der Waals surface area contributed by atoms with Crippen LogP contribution in [-0.4, -0.2) is 51.4 Å². The third-order valence-electron chi connectivity index (χ3n) is 6.50. The number of para-hydroxylation sites is 2. The molecular formula is C23H35ClN4O. The summed E-state index contributed by atoms with van der Waals surface area (Å²) in [5, 5.41) is 0. The van der Waals surface area contributed by atoms with E-state index in [0.29, 0.717) is 6.54 Å². The maximum Gasteiger partial charge on any atom is 0.242 e. The van der Waals surface area contributed by atoms with E-state index in [2.05, 4.69) is 39.5 Å². The summed E-state index contributed by atoms with van der Waals surface area (Å²) in [6, 6.07) is 8.51. The Hall–Kier alpha value is -1.59. The summed E-state index contributed by atoms with van der Waals surface area (Å²) in [5.41, 5.74) is 2.09. The second-order valence-electron chi connectivity index (χ2n) is 8.47. The number of hydrogen-bond donors (Lipinski definition) is 0. The molecule has 2 fully saturated rings. The van der Waals surface area contributed by atoms with Crippen molar-refractivity contribution in [3.05, 3.63) is 30.1 Å². The molecule has 0 N–H and O–H groups in total. The van der Waals surface area contributed by atoms with Gasteiger partial charge in [0.05, 0.1) is 17.1 Å². The molecule has 5 nitrogen and oxygen atoms in total. The molecule has 0 spiro atoms. The summed E-state index contributed by atoms with van der Waals surface area (Å²) in [4.78, 5) is 22.7. The molecule has 29 heavy (non-hydrogen) atoms. The number of imidazole rings is 1. The molecule has 1 amide bonds. The number of likely N-dealkylation sites (tertiary alicyclic amines) is 2. The molecule has 1 atom stereocenters. The van der Waals surface area contributed by atoms with Crippen molar-refractivity contribution < 1.29 is 4.79 Å². The van der Waals surface area contributed by atoms with Crippen LogP contribution in [-0.2, 0) is 11.3 Å². The van der Waals surface area contributed by atoms with E-state index in [1.165, 1.54) is 38.5 Å². The highest BCUT2D eigenvalue weighted by molar-refractivity contribution is 5.85. The number of carbonyl (C=O) groups excluding carboxylic acids is 1. The summed E-state index contributed by atoms with van der Waals surface area (Å²) in [7, 11) is 0. The third kappa shape index (κ3) is 5.13. The zero-order valence-electron chi connectivity index (χ0n) is 17.7. The van der Waals surface area contributed by atoms with Gasteiger partial charge in [-0.05, 0) is 57.8 Å². The number of fused-ring (bicyclic) bond motifs is 1. The molecule has 6 heteroatoms. The zero-order chi connectivity index (χ0) is 19.3. The topological polar surface area (TPSA) is 41.4 Å². The van der Waals surface area contributed by atoms with Gasteiger partial charge in [-0.1, -0.05) is 37.8 Å². The average molecular weight is 419 g/mol. The summed E-state index contributed by atoms with van der Waals surface area (Å²) in [5.74, 6) is 1.29. The van der Waals surface area contributed by atoms with E-state index in [1.807, 2.05) is 6.07 Å². The Morgan fingerprint density at radius 1 is 0.931 bits per heavy atom. The summed E-state index contributed by atoms with van der Waals surface area (Å²) < 4.78 is 2.19. The fourth-order valence-corrected chi connectivity index (χ4v) is 4.78. The molecule has 1 unspecified atom stereocenters. The van der Waals surface area contributed by atoms with Gasteiger partial charge >= 0.3 is 0 Å². The largest absolute Gasteiger partial charge is 0.341 e. The van der Waals surface area contributed by atoms with Crippen LogP contribution in [0.1, 0.15) is 70.2 Å². The van der Waals surface area contributed by atoms with Crippen molar-refractivity contribution >= 4 is 29.3 Å². The van der Waals surface area contributed by atoms with Gasteiger partial charge in [0.25, 0.3) is 0 Å². The van der Waals surface area contributed by atoms with E-state index < -0.39 is 0 Å². The quantitative estimate of drug-likeness (QED) is 0.716. The van der Waals surface area contributed by atoms with Gasteiger partial charge in [0.2, 0.25) is 5.91 Å². The van der Waals surface area contributed by atoms with Crippen molar-refractivity contribution in [1.29, 1.82) is 0 Å². The van der Waals surface area contributed by atoms with Crippen molar-refractivity contribution in [2.45, 2.75) is 70.9 Å². The van der Waals surface area contributed by atoms with E-state index >= 15 is 0 Å². The van der Waals surface area contributed by atoms with Crippen LogP contribution in [0.5, 0.6) is 0 Å². The average Bonchev–Trinajstić information content (AvgIpc) is 2.96. The Bertz CT molecular complexity index is 789. The lowest BCUT2D eigenvalue weighted by atomic mass is 10.2. The Morgan fingerprint density at radius 3 is 2.17 bits per heavy atom. The highest BCUT2D eigenvalue weighted by atomic mass is 35.5. The van der Waals surface area contributed by atoms with E-state index in [-0.39, 0.29) is 24.4 Å². The standard InChI is InChI=1S/C23H34N4O.ClH/c1-19(25-14-8-2-3-9-15-25)23-24-20-12-6-7-13-21(20)27(23)18-22(28)26-16-10-4-5-11-17-26;/h6-7,12-13,19H,2-5,8-11,14-18H2,1H3;1H. The lowest BCUT2D eigenvalue weighted by Crippen LogP contribution is -2.36.